The van der Waals surface area contributed by atoms with Gasteiger partial charge in [-0.15, -0.1) is 0 Å². The number of aliphatic hydroxyl groups is 1. The Morgan fingerprint density at radius 3 is 2.67 bits per heavy atom. The molecule has 0 aliphatic carbocycles. The summed E-state index contributed by atoms with van der Waals surface area (Å²) < 4.78 is 22.8. The molecule has 3 rings (SSSR count). The average molecular weight is 337 g/mol. The first-order valence-corrected chi connectivity index (χ1v) is 8.62. The van der Waals surface area contributed by atoms with E-state index in [1.165, 1.54) is 0 Å². The summed E-state index contributed by atoms with van der Waals surface area (Å²) in [5, 5.41) is 10.2. The molecule has 1 aromatic rings. The van der Waals surface area contributed by atoms with Crippen molar-refractivity contribution < 1.29 is 24.1 Å². The molecule has 0 bridgehead atoms. The normalized spacial score (nSPS) is 28.5. The summed E-state index contributed by atoms with van der Waals surface area (Å²) >= 11 is 0. The van der Waals surface area contributed by atoms with Crippen LogP contribution in [0.5, 0.6) is 11.5 Å². The van der Waals surface area contributed by atoms with E-state index in [9.17, 15) is 5.11 Å². The lowest BCUT2D eigenvalue weighted by Crippen LogP contribution is -2.48. The van der Waals surface area contributed by atoms with Gasteiger partial charge < -0.3 is 24.1 Å². The second-order valence-electron chi connectivity index (χ2n) is 6.66. The molecular formula is C18H27NO5. The molecule has 1 fully saturated rings. The van der Waals surface area contributed by atoms with E-state index < -0.39 is 6.10 Å². The zero-order chi connectivity index (χ0) is 16.9. The topological polar surface area (TPSA) is 60.4 Å². The predicted molar refractivity (Wildman–Crippen MR) is 89.6 cm³/mol. The molecule has 24 heavy (non-hydrogen) atoms. The van der Waals surface area contributed by atoms with Gasteiger partial charge in [-0.25, -0.2) is 0 Å². The van der Waals surface area contributed by atoms with Crippen LogP contribution in [0.4, 0.5) is 0 Å². The van der Waals surface area contributed by atoms with Gasteiger partial charge in [0.05, 0.1) is 31.5 Å². The van der Waals surface area contributed by atoms with E-state index in [-0.39, 0.29) is 18.3 Å². The molecule has 0 radical (unpaired) electrons. The van der Waals surface area contributed by atoms with E-state index in [1.54, 1.807) is 0 Å². The van der Waals surface area contributed by atoms with Gasteiger partial charge >= 0.3 is 0 Å². The fraction of sp³-hybridized carbons (Fsp3) is 0.667. The zero-order valence-electron chi connectivity index (χ0n) is 14.4. The van der Waals surface area contributed by atoms with Crippen LogP contribution in [-0.2, 0) is 9.47 Å². The Labute approximate surface area is 143 Å². The maximum Gasteiger partial charge on any atom is 0.161 e. The Hall–Kier alpha value is -1.34. The van der Waals surface area contributed by atoms with Gasteiger partial charge in [0.1, 0.15) is 6.61 Å². The third-order valence-corrected chi connectivity index (χ3v) is 4.15. The Morgan fingerprint density at radius 2 is 1.92 bits per heavy atom. The quantitative estimate of drug-likeness (QED) is 0.845. The minimum atomic E-state index is -0.515. The Balaban J connectivity index is 1.36. The smallest absolute Gasteiger partial charge is 0.161 e. The van der Waals surface area contributed by atoms with Crippen LogP contribution in [0.15, 0.2) is 24.3 Å². The fourth-order valence-corrected chi connectivity index (χ4v) is 3.26. The van der Waals surface area contributed by atoms with Crippen LogP contribution >= 0.6 is 0 Å². The molecule has 4 atom stereocenters. The zero-order valence-corrected chi connectivity index (χ0v) is 14.4. The SMILES string of the molecule is CC1CN(CC(O)COCC2COc3ccccc3O2)CC(C)O1. The van der Waals surface area contributed by atoms with Crippen molar-refractivity contribution in [3.8, 4) is 11.5 Å². The Kier molecular flexibility index (Phi) is 5.94. The molecule has 1 N–H and O–H groups in total. The van der Waals surface area contributed by atoms with Crippen LogP contribution < -0.4 is 9.47 Å². The lowest BCUT2D eigenvalue weighted by molar-refractivity contribution is -0.0848. The van der Waals surface area contributed by atoms with E-state index in [4.69, 9.17) is 18.9 Å². The maximum absolute atomic E-state index is 10.2. The number of hydrogen-bond acceptors (Lipinski definition) is 6. The Bertz CT molecular complexity index is 516. The molecule has 6 nitrogen and oxygen atoms in total. The van der Waals surface area contributed by atoms with Crippen molar-refractivity contribution >= 4 is 0 Å². The van der Waals surface area contributed by atoms with Gasteiger partial charge in [0.25, 0.3) is 0 Å². The largest absolute Gasteiger partial charge is 0.486 e. The molecule has 4 unspecified atom stereocenters. The average Bonchev–Trinajstić information content (AvgIpc) is 2.53. The van der Waals surface area contributed by atoms with E-state index in [0.29, 0.717) is 26.4 Å². The highest BCUT2D eigenvalue weighted by Gasteiger charge is 2.25. The number of nitrogens with zero attached hydrogens (tertiary/aromatic N) is 1. The lowest BCUT2D eigenvalue weighted by Gasteiger charge is -2.36. The molecule has 1 saturated heterocycles. The van der Waals surface area contributed by atoms with Crippen LogP contribution in [0, 0.1) is 0 Å². The molecule has 0 saturated carbocycles. The number of ether oxygens (including phenoxy) is 4. The third-order valence-electron chi connectivity index (χ3n) is 4.15. The number of hydrogen-bond donors (Lipinski definition) is 1. The number of β-amino-alcohol motifs (C(OH)–C–C–N with tert-alkyl or cyclic N) is 1. The first kappa shape index (κ1) is 17.5. The van der Waals surface area contributed by atoms with Crippen LogP contribution in [-0.4, -0.2) is 73.9 Å². The molecule has 0 spiro atoms. The maximum atomic E-state index is 10.2. The minimum Gasteiger partial charge on any atom is -0.486 e. The van der Waals surface area contributed by atoms with E-state index >= 15 is 0 Å². The number of benzene rings is 1. The summed E-state index contributed by atoms with van der Waals surface area (Å²) in [5.74, 6) is 1.51. The molecule has 0 amide bonds. The highest BCUT2D eigenvalue weighted by molar-refractivity contribution is 5.40. The Morgan fingerprint density at radius 1 is 1.21 bits per heavy atom. The van der Waals surface area contributed by atoms with E-state index in [1.807, 2.05) is 24.3 Å². The summed E-state index contributed by atoms with van der Waals surface area (Å²) in [7, 11) is 0. The lowest BCUT2D eigenvalue weighted by atomic mass is 10.2. The number of rotatable bonds is 6. The summed E-state index contributed by atoms with van der Waals surface area (Å²) in [6.45, 7) is 7.57. The van der Waals surface area contributed by atoms with Crippen molar-refractivity contribution in [1.29, 1.82) is 0 Å². The highest BCUT2D eigenvalue weighted by atomic mass is 16.6. The number of para-hydroxylation sites is 2. The van der Waals surface area contributed by atoms with Gasteiger partial charge in [0.2, 0.25) is 0 Å². The van der Waals surface area contributed by atoms with Crippen molar-refractivity contribution in [2.45, 2.75) is 38.3 Å². The molecule has 2 aliphatic rings. The number of aliphatic hydroxyl groups excluding tert-OH is 1. The van der Waals surface area contributed by atoms with Gasteiger partial charge in [-0.2, -0.15) is 0 Å². The van der Waals surface area contributed by atoms with Crippen LogP contribution in [0.3, 0.4) is 0 Å². The molecule has 0 aromatic heterocycles. The van der Waals surface area contributed by atoms with Crippen molar-refractivity contribution in [2.24, 2.45) is 0 Å². The highest BCUT2D eigenvalue weighted by Crippen LogP contribution is 2.30. The molecule has 2 aliphatic heterocycles. The van der Waals surface area contributed by atoms with Crippen LogP contribution in [0.2, 0.25) is 0 Å². The van der Waals surface area contributed by atoms with Crippen LogP contribution in [0.1, 0.15) is 13.8 Å². The first-order chi connectivity index (χ1) is 11.6. The number of fused-ring (bicyclic) bond motifs is 1. The van der Waals surface area contributed by atoms with Gasteiger partial charge in [0.15, 0.2) is 17.6 Å². The predicted octanol–water partition coefficient (Wildman–Crippen LogP) is 1.31. The second kappa shape index (κ2) is 8.16. The molecule has 1 aromatic carbocycles. The fourth-order valence-electron chi connectivity index (χ4n) is 3.26. The molecular weight excluding hydrogens is 310 g/mol. The molecule has 6 heteroatoms. The summed E-state index contributed by atoms with van der Waals surface area (Å²) in [4.78, 5) is 2.23. The van der Waals surface area contributed by atoms with Gasteiger partial charge in [-0.3, -0.25) is 4.90 Å². The van der Waals surface area contributed by atoms with Crippen molar-refractivity contribution in [3.05, 3.63) is 24.3 Å². The summed E-state index contributed by atoms with van der Waals surface area (Å²) in [6.07, 6.45) is -0.251. The summed E-state index contributed by atoms with van der Waals surface area (Å²) in [6, 6.07) is 7.61. The molecule has 134 valence electrons. The van der Waals surface area contributed by atoms with Gasteiger partial charge in [0, 0.05) is 19.6 Å². The van der Waals surface area contributed by atoms with Crippen molar-refractivity contribution in [2.75, 3.05) is 39.5 Å². The van der Waals surface area contributed by atoms with Gasteiger partial charge in [-0.05, 0) is 26.0 Å². The van der Waals surface area contributed by atoms with Crippen molar-refractivity contribution in [1.82, 2.24) is 4.90 Å². The molecule has 2 heterocycles. The van der Waals surface area contributed by atoms with Gasteiger partial charge in [-0.1, -0.05) is 12.1 Å². The number of morpholine rings is 1. The second-order valence-corrected chi connectivity index (χ2v) is 6.66. The first-order valence-electron chi connectivity index (χ1n) is 8.62. The van der Waals surface area contributed by atoms with E-state index in [2.05, 4.69) is 18.7 Å². The van der Waals surface area contributed by atoms with Crippen LogP contribution in [0.25, 0.3) is 0 Å². The minimum absolute atomic E-state index is 0.143. The van der Waals surface area contributed by atoms with Crippen molar-refractivity contribution in [3.63, 3.8) is 0 Å². The summed E-state index contributed by atoms with van der Waals surface area (Å²) in [5.41, 5.74) is 0. The standard InChI is InChI=1S/C18H27NO5/c1-13-7-19(8-14(2)23-13)9-15(20)10-21-11-16-12-22-17-5-3-4-6-18(17)24-16/h3-6,13-16,20H,7-12H2,1-2H3. The monoisotopic (exact) mass is 337 g/mol. The van der Waals surface area contributed by atoms with E-state index in [0.717, 1.165) is 24.6 Å². The third kappa shape index (κ3) is 4.83.